The van der Waals surface area contributed by atoms with Crippen molar-refractivity contribution < 1.29 is 14.9 Å². The summed E-state index contributed by atoms with van der Waals surface area (Å²) in [5.41, 5.74) is 2.91. The summed E-state index contributed by atoms with van der Waals surface area (Å²) in [5.74, 6) is 0. The lowest BCUT2D eigenvalue weighted by molar-refractivity contribution is -0.0647. The Bertz CT molecular complexity index is 601. The van der Waals surface area contributed by atoms with Crippen LogP contribution in [0.25, 0.3) is 11.3 Å². The van der Waals surface area contributed by atoms with E-state index in [0.717, 1.165) is 16.8 Å². The summed E-state index contributed by atoms with van der Waals surface area (Å²) < 4.78 is 7.48. The van der Waals surface area contributed by atoms with Gasteiger partial charge in [-0.15, -0.1) is 5.10 Å². The molecule has 0 radical (unpaired) electrons. The lowest BCUT2D eigenvalue weighted by Gasteiger charge is -2.29. The highest BCUT2D eigenvalue weighted by atomic mass is 16.5. The van der Waals surface area contributed by atoms with E-state index >= 15 is 0 Å². The van der Waals surface area contributed by atoms with Crippen LogP contribution in [0.5, 0.6) is 0 Å². The normalized spacial score (nSPS) is 25.3. The van der Waals surface area contributed by atoms with Gasteiger partial charge in [-0.1, -0.05) is 29.5 Å². The molecule has 2 N–H and O–H groups in total. The minimum atomic E-state index is -0.465. The van der Waals surface area contributed by atoms with Crippen LogP contribution in [0, 0.1) is 0 Å². The molecule has 0 saturated heterocycles. The molecule has 0 spiro atoms. The second-order valence-corrected chi connectivity index (χ2v) is 5.92. The van der Waals surface area contributed by atoms with Crippen LogP contribution in [-0.2, 0) is 18.4 Å². The number of hydrogen-bond donors (Lipinski definition) is 2. The number of aryl methyl sites for hydroxylation is 1. The third-order valence-corrected chi connectivity index (χ3v) is 3.95. The fourth-order valence-corrected chi connectivity index (χ4v) is 2.81. The lowest BCUT2D eigenvalue weighted by Crippen LogP contribution is -2.34. The van der Waals surface area contributed by atoms with E-state index in [-0.39, 0.29) is 6.10 Å². The molecule has 1 heterocycles. The summed E-state index contributed by atoms with van der Waals surface area (Å²) in [4.78, 5) is 0. The largest absolute Gasteiger partial charge is 0.393 e. The maximum atomic E-state index is 9.66. The Kier molecular flexibility index (Phi) is 4.52. The van der Waals surface area contributed by atoms with Crippen LogP contribution in [0.4, 0.5) is 0 Å². The molecule has 0 aliphatic heterocycles. The molecule has 6 nitrogen and oxygen atoms in total. The molecule has 118 valence electrons. The average molecular weight is 303 g/mol. The molecule has 1 aliphatic carbocycles. The summed E-state index contributed by atoms with van der Waals surface area (Å²) in [5, 5.41) is 27.3. The molecular formula is C16H21N3O3. The zero-order valence-electron chi connectivity index (χ0n) is 12.6. The topological polar surface area (TPSA) is 80.4 Å². The van der Waals surface area contributed by atoms with E-state index in [4.69, 9.17) is 4.74 Å². The van der Waals surface area contributed by atoms with Crippen LogP contribution in [0.1, 0.15) is 24.8 Å². The van der Waals surface area contributed by atoms with Crippen LogP contribution >= 0.6 is 0 Å². The molecule has 1 fully saturated rings. The Labute approximate surface area is 129 Å². The van der Waals surface area contributed by atoms with Gasteiger partial charge in [-0.2, -0.15) is 0 Å². The van der Waals surface area contributed by atoms with E-state index in [9.17, 15) is 10.2 Å². The summed E-state index contributed by atoms with van der Waals surface area (Å²) in [7, 11) is 1.84. The Morgan fingerprint density at radius 2 is 1.82 bits per heavy atom. The van der Waals surface area contributed by atoms with Crippen LogP contribution in [0.3, 0.4) is 0 Å². The molecule has 1 aromatic heterocycles. The second-order valence-electron chi connectivity index (χ2n) is 5.92. The SMILES string of the molecule is Cn1cc(-c2ccc(COC3C[C@@H](O)C[C@H](O)C3)cc2)nn1. The van der Waals surface area contributed by atoms with Gasteiger partial charge in [0.25, 0.3) is 0 Å². The van der Waals surface area contributed by atoms with Gasteiger partial charge in [0.15, 0.2) is 0 Å². The first-order chi connectivity index (χ1) is 10.6. The number of benzene rings is 1. The number of rotatable bonds is 4. The number of nitrogens with zero attached hydrogens (tertiary/aromatic N) is 3. The summed E-state index contributed by atoms with van der Waals surface area (Å²) in [6.45, 7) is 0.477. The Balaban J connectivity index is 1.57. The summed E-state index contributed by atoms with van der Waals surface area (Å²) >= 11 is 0. The number of aromatic nitrogens is 3. The first-order valence-electron chi connectivity index (χ1n) is 7.53. The van der Waals surface area contributed by atoms with Gasteiger partial charge in [-0.25, -0.2) is 0 Å². The fraction of sp³-hybridized carbons (Fsp3) is 0.500. The molecule has 3 rings (SSSR count). The zero-order chi connectivity index (χ0) is 15.5. The summed E-state index contributed by atoms with van der Waals surface area (Å²) in [6, 6.07) is 7.99. The van der Waals surface area contributed by atoms with Crippen molar-refractivity contribution in [3.8, 4) is 11.3 Å². The molecule has 0 unspecified atom stereocenters. The van der Waals surface area contributed by atoms with Gasteiger partial charge in [0.1, 0.15) is 5.69 Å². The molecule has 1 aliphatic rings. The van der Waals surface area contributed by atoms with Gasteiger partial charge in [0.2, 0.25) is 0 Å². The summed E-state index contributed by atoms with van der Waals surface area (Å²) in [6.07, 6.45) is 2.49. The van der Waals surface area contributed by atoms with Crippen molar-refractivity contribution >= 4 is 0 Å². The van der Waals surface area contributed by atoms with E-state index in [0.29, 0.717) is 25.9 Å². The molecular weight excluding hydrogens is 282 g/mol. The number of aliphatic hydroxyl groups is 2. The van der Waals surface area contributed by atoms with Crippen LogP contribution < -0.4 is 0 Å². The molecule has 0 amide bonds. The maximum absolute atomic E-state index is 9.66. The van der Waals surface area contributed by atoms with Crippen molar-refractivity contribution in [2.24, 2.45) is 7.05 Å². The molecule has 2 atom stereocenters. The number of hydrogen-bond acceptors (Lipinski definition) is 5. The van der Waals surface area contributed by atoms with Crippen molar-refractivity contribution in [3.05, 3.63) is 36.0 Å². The second kappa shape index (κ2) is 6.56. The van der Waals surface area contributed by atoms with Gasteiger partial charge in [0, 0.05) is 12.6 Å². The quantitative estimate of drug-likeness (QED) is 0.889. The highest BCUT2D eigenvalue weighted by molar-refractivity contribution is 5.57. The lowest BCUT2D eigenvalue weighted by atomic mass is 9.92. The van der Waals surface area contributed by atoms with Gasteiger partial charge in [0.05, 0.1) is 31.1 Å². The molecule has 0 bridgehead atoms. The first kappa shape index (κ1) is 15.1. The maximum Gasteiger partial charge on any atom is 0.113 e. The first-order valence-corrected chi connectivity index (χ1v) is 7.53. The zero-order valence-corrected chi connectivity index (χ0v) is 12.6. The third-order valence-electron chi connectivity index (χ3n) is 3.95. The van der Waals surface area contributed by atoms with Crippen molar-refractivity contribution in [1.29, 1.82) is 0 Å². The van der Waals surface area contributed by atoms with Crippen LogP contribution in [0.15, 0.2) is 30.5 Å². The monoisotopic (exact) mass is 303 g/mol. The van der Waals surface area contributed by atoms with E-state index in [1.165, 1.54) is 0 Å². The van der Waals surface area contributed by atoms with Crippen molar-refractivity contribution in [3.63, 3.8) is 0 Å². The van der Waals surface area contributed by atoms with E-state index in [2.05, 4.69) is 10.3 Å². The minimum Gasteiger partial charge on any atom is -0.393 e. The molecule has 1 aromatic carbocycles. The molecule has 6 heteroatoms. The highest BCUT2D eigenvalue weighted by Gasteiger charge is 2.26. The van der Waals surface area contributed by atoms with E-state index in [1.54, 1.807) is 4.68 Å². The van der Waals surface area contributed by atoms with Crippen molar-refractivity contribution in [2.45, 2.75) is 44.2 Å². The van der Waals surface area contributed by atoms with Gasteiger partial charge in [-0.05, 0) is 24.8 Å². The van der Waals surface area contributed by atoms with E-state index in [1.807, 2.05) is 37.5 Å². The average Bonchev–Trinajstić information content (AvgIpc) is 2.91. The highest BCUT2D eigenvalue weighted by Crippen LogP contribution is 2.23. The number of ether oxygens (including phenoxy) is 1. The Morgan fingerprint density at radius 1 is 1.14 bits per heavy atom. The number of aliphatic hydroxyl groups excluding tert-OH is 2. The standard InChI is InChI=1S/C16H21N3O3/c1-19-9-16(17-18-19)12-4-2-11(3-5-12)10-22-15-7-13(20)6-14(21)8-15/h2-5,9,13-15,20-21H,6-8,10H2,1H3/t13-,14-/m0/s1. The Morgan fingerprint density at radius 3 is 2.41 bits per heavy atom. The van der Waals surface area contributed by atoms with Gasteiger partial charge in [-0.3, -0.25) is 4.68 Å². The third kappa shape index (κ3) is 3.71. The fourth-order valence-electron chi connectivity index (χ4n) is 2.81. The van der Waals surface area contributed by atoms with Crippen LogP contribution in [0.2, 0.25) is 0 Å². The van der Waals surface area contributed by atoms with E-state index < -0.39 is 12.2 Å². The molecule has 1 saturated carbocycles. The van der Waals surface area contributed by atoms with Gasteiger partial charge < -0.3 is 14.9 Å². The predicted octanol–water partition coefficient (Wildman–Crippen LogP) is 1.27. The minimum absolute atomic E-state index is 0.0848. The van der Waals surface area contributed by atoms with Crippen molar-refractivity contribution in [1.82, 2.24) is 15.0 Å². The predicted molar refractivity (Wildman–Crippen MR) is 80.9 cm³/mol. The van der Waals surface area contributed by atoms with Crippen molar-refractivity contribution in [2.75, 3.05) is 0 Å². The Hall–Kier alpha value is -1.76. The van der Waals surface area contributed by atoms with Gasteiger partial charge >= 0.3 is 0 Å². The van der Waals surface area contributed by atoms with Crippen LogP contribution in [-0.4, -0.2) is 43.5 Å². The molecule has 22 heavy (non-hydrogen) atoms. The molecule has 2 aromatic rings. The smallest absolute Gasteiger partial charge is 0.113 e.